The third-order valence-corrected chi connectivity index (χ3v) is 12.3. The summed E-state index contributed by atoms with van der Waals surface area (Å²) < 4.78 is 29.8. The molecule has 31 heteroatoms. The van der Waals surface area contributed by atoms with Crippen molar-refractivity contribution in [3.63, 3.8) is 0 Å². The maximum atomic E-state index is 13.6. The van der Waals surface area contributed by atoms with Gasteiger partial charge >= 0.3 is 5.97 Å². The maximum absolute atomic E-state index is 13.6. The second-order valence-corrected chi connectivity index (χ2v) is 18.8. The molecule has 0 aromatic carbocycles. The summed E-state index contributed by atoms with van der Waals surface area (Å²) in [6.45, 7) is 9.53. The number of rotatable bonds is 29. The predicted octanol–water partition coefficient (Wildman–Crippen LogP) is -7.68. The summed E-state index contributed by atoms with van der Waals surface area (Å²) in [4.78, 5) is 139. The lowest BCUT2D eigenvalue weighted by Gasteiger charge is -2.47. The van der Waals surface area contributed by atoms with E-state index in [1.165, 1.54) is 48.5 Å². The molecule has 0 aliphatic carbocycles. The smallest absolute Gasteiger partial charge is 0.325 e. The van der Waals surface area contributed by atoms with Crippen molar-refractivity contribution in [2.24, 2.45) is 11.5 Å². The largest absolute Gasteiger partial charge is 0.480 e. The van der Waals surface area contributed by atoms with E-state index in [0.717, 1.165) is 6.92 Å². The highest BCUT2D eigenvalue weighted by molar-refractivity contribution is 5.94. The number of aliphatic carboxylic acids is 1. The second kappa shape index (κ2) is 29.9. The molecule has 3 saturated heterocycles. The Bertz CT molecular complexity index is 2090. The van der Waals surface area contributed by atoms with Crippen LogP contribution < -0.4 is 59.3 Å². The lowest BCUT2D eigenvalue weighted by Crippen LogP contribution is -2.68. The summed E-state index contributed by atoms with van der Waals surface area (Å²) in [7, 11) is 0. The summed E-state index contributed by atoms with van der Waals surface area (Å²) in [5.41, 5.74) is 11.1. The zero-order chi connectivity index (χ0) is 57.3. The molecule has 0 radical (unpaired) electrons. The summed E-state index contributed by atoms with van der Waals surface area (Å²) >= 11 is 0. The number of ether oxygens (including phenoxy) is 5. The van der Waals surface area contributed by atoms with Crippen molar-refractivity contribution < 1.29 is 96.9 Å². The van der Waals surface area contributed by atoms with Crippen LogP contribution in [0.1, 0.15) is 87.5 Å². The van der Waals surface area contributed by atoms with Crippen molar-refractivity contribution in [3.05, 3.63) is 0 Å². The van der Waals surface area contributed by atoms with Crippen LogP contribution in [-0.2, 0) is 76.4 Å². The van der Waals surface area contributed by atoms with Gasteiger partial charge in [0.25, 0.3) is 0 Å². The van der Waals surface area contributed by atoms with Gasteiger partial charge in [-0.3, -0.25) is 52.7 Å². The highest BCUT2D eigenvalue weighted by Gasteiger charge is 2.56. The lowest BCUT2D eigenvalue weighted by molar-refractivity contribution is -0.313. The number of carboxylic acid groups (broad SMARTS) is 1. The number of carbonyl (C=O) groups is 11. The van der Waals surface area contributed by atoms with Gasteiger partial charge < -0.3 is 103 Å². The van der Waals surface area contributed by atoms with E-state index < -0.39 is 194 Å². The van der Waals surface area contributed by atoms with Gasteiger partial charge in [-0.15, -0.1) is 0 Å². The zero-order valence-electron chi connectivity index (χ0n) is 43.5. The molecule has 430 valence electrons. The van der Waals surface area contributed by atoms with E-state index in [1.54, 1.807) is 0 Å². The van der Waals surface area contributed by atoms with E-state index in [2.05, 4.69) is 47.9 Å². The lowest BCUT2D eigenvalue weighted by atomic mass is 9.95. The van der Waals surface area contributed by atoms with Crippen molar-refractivity contribution in [3.8, 4) is 0 Å². The molecule has 18 atom stereocenters. The molecular formula is C45H75N11O20. The molecule has 10 amide bonds. The number of aliphatic hydroxyl groups excluding tert-OH is 3. The minimum atomic E-state index is -1.69. The van der Waals surface area contributed by atoms with E-state index in [-0.39, 0.29) is 32.4 Å². The van der Waals surface area contributed by atoms with E-state index in [0.29, 0.717) is 0 Å². The van der Waals surface area contributed by atoms with Crippen LogP contribution in [0.5, 0.6) is 0 Å². The average Bonchev–Trinajstić information content (AvgIpc) is 3.79. The quantitative estimate of drug-likeness (QED) is 0.0309. The van der Waals surface area contributed by atoms with Crippen molar-refractivity contribution >= 4 is 65.0 Å². The fourth-order valence-corrected chi connectivity index (χ4v) is 7.94. The first kappa shape index (κ1) is 64.1. The van der Waals surface area contributed by atoms with Gasteiger partial charge in [0, 0.05) is 26.8 Å². The van der Waals surface area contributed by atoms with E-state index in [9.17, 15) is 68.1 Å². The molecule has 31 nitrogen and oxygen atoms in total. The van der Waals surface area contributed by atoms with Crippen LogP contribution in [0.15, 0.2) is 0 Å². The Kier molecular flexibility index (Phi) is 25.2. The number of carboxylic acids is 1. The molecule has 3 rings (SSSR count). The third kappa shape index (κ3) is 19.1. The Morgan fingerprint density at radius 1 is 0.645 bits per heavy atom. The highest BCUT2D eigenvalue weighted by atomic mass is 16.8. The Balaban J connectivity index is 1.68. The van der Waals surface area contributed by atoms with Crippen LogP contribution in [0.4, 0.5) is 0 Å². The predicted molar refractivity (Wildman–Crippen MR) is 258 cm³/mol. The third-order valence-electron chi connectivity index (χ3n) is 12.3. The van der Waals surface area contributed by atoms with Crippen LogP contribution in [0.2, 0.25) is 0 Å². The Hall–Kier alpha value is -6.19. The number of carbonyl (C=O) groups excluding carboxylic acids is 10. The number of nitrogens with two attached hydrogens (primary N) is 2. The minimum Gasteiger partial charge on any atom is -0.480 e. The van der Waals surface area contributed by atoms with E-state index >= 15 is 0 Å². The van der Waals surface area contributed by atoms with Crippen LogP contribution in [0, 0.1) is 0 Å². The van der Waals surface area contributed by atoms with Gasteiger partial charge in [-0.2, -0.15) is 0 Å². The zero-order valence-corrected chi connectivity index (χ0v) is 43.5. The molecule has 18 unspecified atom stereocenters. The Morgan fingerprint density at radius 2 is 1.21 bits per heavy atom. The monoisotopic (exact) mass is 1090 g/mol. The molecular weight excluding hydrogens is 1010 g/mol. The van der Waals surface area contributed by atoms with Gasteiger partial charge in [0.05, 0.1) is 19.3 Å². The first-order chi connectivity index (χ1) is 35.6. The van der Waals surface area contributed by atoms with Crippen molar-refractivity contribution in [1.82, 2.24) is 47.9 Å². The van der Waals surface area contributed by atoms with Crippen LogP contribution in [0.3, 0.4) is 0 Å². The number of fused-ring (bicyclic) bond motifs is 2. The molecule has 3 aliphatic heterocycles. The van der Waals surface area contributed by atoms with E-state index in [1.807, 2.05) is 0 Å². The molecule has 2 bridgehead atoms. The van der Waals surface area contributed by atoms with Gasteiger partial charge in [-0.1, -0.05) is 0 Å². The number of unbranched alkanes of at least 4 members (excludes halogenated alkanes) is 1. The van der Waals surface area contributed by atoms with Gasteiger partial charge in [0.2, 0.25) is 59.1 Å². The number of amides is 10. The molecule has 0 saturated carbocycles. The fourth-order valence-electron chi connectivity index (χ4n) is 7.94. The van der Waals surface area contributed by atoms with Crippen molar-refractivity contribution in [2.45, 2.75) is 197 Å². The Morgan fingerprint density at radius 3 is 1.79 bits per heavy atom. The topological polar surface area (TPSA) is 475 Å². The molecule has 17 N–H and O–H groups in total. The molecule has 76 heavy (non-hydrogen) atoms. The van der Waals surface area contributed by atoms with E-state index in [4.69, 9.17) is 40.3 Å². The van der Waals surface area contributed by atoms with Crippen molar-refractivity contribution in [2.75, 3.05) is 19.8 Å². The highest BCUT2D eigenvalue weighted by Crippen LogP contribution is 2.35. The normalized spacial score (nSPS) is 26.9. The molecule has 3 fully saturated rings. The fraction of sp³-hybridized carbons (Fsp3) is 0.756. The summed E-state index contributed by atoms with van der Waals surface area (Å²) in [6, 6.07) is -11.0. The molecule has 0 aromatic rings. The van der Waals surface area contributed by atoms with Crippen molar-refractivity contribution in [1.29, 1.82) is 0 Å². The van der Waals surface area contributed by atoms with Gasteiger partial charge in [0.15, 0.2) is 12.6 Å². The Labute approximate surface area is 437 Å². The number of hydrogen-bond donors (Lipinski definition) is 15. The number of primary amides is 1. The average molecular weight is 1090 g/mol. The van der Waals surface area contributed by atoms with Gasteiger partial charge in [-0.25, -0.2) is 0 Å². The summed E-state index contributed by atoms with van der Waals surface area (Å²) in [5.74, 6) is -8.95. The number of aliphatic hydroxyl groups is 3. The van der Waals surface area contributed by atoms with Crippen LogP contribution in [0.25, 0.3) is 0 Å². The minimum absolute atomic E-state index is 0.0428. The SMILES string of the molecule is CC(=O)NC1C(OC2C3COC(O3)C(NC(C)=O)C2OC(C)C(=O)NC(C)C(=O)NC(CCC(=O)NC(CCCCNC(=O)C(C)NC(=O)C(C)N)C(=O)NC(C)C(=O)NC(C)C(=O)O)C(N)=O)OC(CO)C(O)C1O. The van der Waals surface area contributed by atoms with Gasteiger partial charge in [0.1, 0.15) is 91.1 Å². The van der Waals surface area contributed by atoms with Crippen LogP contribution in [-0.4, -0.2) is 215 Å². The molecule has 3 heterocycles. The molecule has 0 aromatic heterocycles. The molecule has 3 aliphatic rings. The standard InChI is InChI=1S/C45H75N11O20/c1-17(46)37(64)49-18(2)38(65)48-14-10-9-11-26(42(69)51-19(3)39(66)52-21(5)43(70)71)55-29(60)13-12-25(36(47)63)56-40(67)20(4)50-41(68)22(6)73-35-31(54-24(8)59)44-72-16-28(75-44)34(35)76-45-30(53-23(7)58)33(62)32(61)27(15-57)74-45/h17-22,25-28,30-35,44-45,57,61-62H,9-16,46H2,1-8H3,(H2,47,63)(H,48,65)(H,49,64)(H,50,68)(H,51,69)(H,52,66)(H,53,58)(H,54,59)(H,55,60)(H,56,67)(H,70,71). The maximum Gasteiger partial charge on any atom is 0.325 e. The number of nitrogens with one attached hydrogen (secondary N) is 9. The first-order valence-electron chi connectivity index (χ1n) is 24.7. The van der Waals surface area contributed by atoms with Crippen LogP contribution >= 0.6 is 0 Å². The summed E-state index contributed by atoms with van der Waals surface area (Å²) in [6.07, 6.45) is -12.8. The second-order valence-electron chi connectivity index (χ2n) is 18.8. The summed E-state index contributed by atoms with van der Waals surface area (Å²) in [5, 5.41) is 62.6. The number of hydrogen-bond acceptors (Lipinski definition) is 20. The van der Waals surface area contributed by atoms with Gasteiger partial charge in [-0.05, 0) is 67.2 Å². The first-order valence-corrected chi connectivity index (χ1v) is 24.7. The molecule has 0 spiro atoms.